The number of unbranched alkanes of at least 4 members (excludes halogenated alkanes) is 2. The quantitative estimate of drug-likeness (QED) is 0.496. The van der Waals surface area contributed by atoms with Crippen LogP contribution in [0.1, 0.15) is 65.8 Å². The molecule has 2 aromatic carbocycles. The summed E-state index contributed by atoms with van der Waals surface area (Å²) >= 11 is 0. The van der Waals surface area contributed by atoms with Crippen molar-refractivity contribution in [2.24, 2.45) is 0 Å². The summed E-state index contributed by atoms with van der Waals surface area (Å²) in [6, 6.07) is 16.1. The van der Waals surface area contributed by atoms with Crippen molar-refractivity contribution < 1.29 is 24.2 Å². The fourth-order valence-corrected chi connectivity index (χ4v) is 2.20. The maximum atomic E-state index is 11.9. The minimum absolute atomic E-state index is 0.140. The molecule has 0 atom stereocenters. The molecule has 1 N–H and O–H groups in total. The van der Waals surface area contributed by atoms with Crippen LogP contribution in [0.3, 0.4) is 0 Å². The summed E-state index contributed by atoms with van der Waals surface area (Å²) in [4.78, 5) is 23.9. The molecule has 0 spiro atoms. The van der Waals surface area contributed by atoms with Crippen molar-refractivity contribution in [2.45, 2.75) is 46.1 Å². The van der Waals surface area contributed by atoms with Crippen molar-refractivity contribution in [3.05, 3.63) is 71.3 Å². The molecule has 0 heterocycles. The second kappa shape index (κ2) is 14.4. The average Bonchev–Trinajstić information content (AvgIpc) is 2.75. The number of hydrogen-bond acceptors (Lipinski definition) is 5. The number of hydrogen-bond donors (Lipinski definition) is 1. The van der Waals surface area contributed by atoms with Crippen molar-refractivity contribution >= 4 is 11.9 Å². The molecule has 2 aromatic rings. The van der Waals surface area contributed by atoms with Gasteiger partial charge in [-0.2, -0.15) is 0 Å². The lowest BCUT2D eigenvalue weighted by Gasteiger charge is -2.09. The van der Waals surface area contributed by atoms with Gasteiger partial charge in [0.1, 0.15) is 0 Å². The predicted octanol–water partition coefficient (Wildman–Crippen LogP) is 4.78. The van der Waals surface area contributed by atoms with Crippen molar-refractivity contribution in [3.63, 3.8) is 0 Å². The first kappa shape index (κ1) is 23.4. The van der Waals surface area contributed by atoms with Gasteiger partial charge in [-0.1, -0.05) is 69.2 Å². The van der Waals surface area contributed by atoms with Gasteiger partial charge >= 0.3 is 11.9 Å². The molecule has 0 unspecified atom stereocenters. The van der Waals surface area contributed by atoms with Gasteiger partial charge in [0.25, 0.3) is 0 Å². The van der Waals surface area contributed by atoms with Crippen LogP contribution in [-0.2, 0) is 16.1 Å². The zero-order valence-electron chi connectivity index (χ0n) is 16.7. The second-order valence-electron chi connectivity index (χ2n) is 6.17. The summed E-state index contributed by atoms with van der Waals surface area (Å²) in [7, 11) is 0. The Balaban J connectivity index is 0.000000406. The zero-order valence-corrected chi connectivity index (χ0v) is 16.7. The largest absolute Gasteiger partial charge is 0.462 e. The Morgan fingerprint density at radius 2 is 1.18 bits per heavy atom. The smallest absolute Gasteiger partial charge is 0.339 e. The van der Waals surface area contributed by atoms with E-state index < -0.39 is 11.9 Å². The highest BCUT2D eigenvalue weighted by atomic mass is 16.5. The first-order chi connectivity index (χ1) is 13.6. The van der Waals surface area contributed by atoms with Crippen LogP contribution in [-0.4, -0.2) is 30.3 Å². The molecule has 5 heteroatoms. The Hall–Kier alpha value is -2.66. The van der Waals surface area contributed by atoms with E-state index in [0.29, 0.717) is 13.2 Å². The van der Waals surface area contributed by atoms with Gasteiger partial charge in [-0.3, -0.25) is 0 Å². The van der Waals surface area contributed by atoms with Crippen LogP contribution in [0, 0.1) is 0 Å². The topological polar surface area (TPSA) is 72.8 Å². The summed E-state index contributed by atoms with van der Waals surface area (Å²) < 4.78 is 10.3. The van der Waals surface area contributed by atoms with E-state index in [-0.39, 0.29) is 17.7 Å². The van der Waals surface area contributed by atoms with E-state index in [0.717, 1.165) is 31.2 Å². The van der Waals surface area contributed by atoms with Crippen molar-refractivity contribution in [3.8, 4) is 0 Å². The lowest BCUT2D eigenvalue weighted by atomic mass is 10.1. The normalized spacial score (nSPS) is 9.82. The SMILES string of the molecule is CCCCOC(=O)c1ccccc1C(=O)OCCCC.OCc1ccccc1. The molecule has 28 heavy (non-hydrogen) atoms. The molecule has 2 rings (SSSR count). The summed E-state index contributed by atoms with van der Waals surface area (Å²) in [6.45, 7) is 4.92. The molecule has 0 aliphatic heterocycles. The van der Waals surface area contributed by atoms with E-state index in [1.807, 2.05) is 44.2 Å². The summed E-state index contributed by atoms with van der Waals surface area (Å²) in [5.41, 5.74) is 1.50. The Bertz CT molecular complexity index is 656. The Kier molecular flexibility index (Phi) is 12.0. The number of esters is 2. The van der Waals surface area contributed by atoms with Gasteiger partial charge in [-0.05, 0) is 30.5 Å². The maximum absolute atomic E-state index is 11.9. The van der Waals surface area contributed by atoms with E-state index in [1.165, 1.54) is 0 Å². The standard InChI is InChI=1S/C16H22O4.C7H8O/c1-3-5-11-19-15(17)13-9-7-8-10-14(13)16(18)20-12-6-4-2;8-6-7-4-2-1-3-5-7/h7-10H,3-6,11-12H2,1-2H3;1-5,8H,6H2. The maximum Gasteiger partial charge on any atom is 0.339 e. The summed E-state index contributed by atoms with van der Waals surface area (Å²) in [5, 5.41) is 8.54. The zero-order chi connectivity index (χ0) is 20.6. The van der Waals surface area contributed by atoms with E-state index in [9.17, 15) is 9.59 Å². The van der Waals surface area contributed by atoms with Gasteiger partial charge in [-0.15, -0.1) is 0 Å². The minimum atomic E-state index is -0.471. The molecule has 0 saturated carbocycles. The van der Waals surface area contributed by atoms with E-state index in [2.05, 4.69) is 0 Å². The van der Waals surface area contributed by atoms with Crippen LogP contribution in [0.5, 0.6) is 0 Å². The van der Waals surface area contributed by atoms with Crippen molar-refractivity contribution in [2.75, 3.05) is 13.2 Å². The van der Waals surface area contributed by atoms with Crippen LogP contribution < -0.4 is 0 Å². The number of carbonyl (C=O) groups is 2. The molecule has 0 radical (unpaired) electrons. The van der Waals surface area contributed by atoms with Gasteiger partial charge in [0.15, 0.2) is 0 Å². The third-order valence-corrected chi connectivity index (χ3v) is 3.85. The molecule has 5 nitrogen and oxygen atoms in total. The van der Waals surface area contributed by atoms with Gasteiger partial charge < -0.3 is 14.6 Å². The lowest BCUT2D eigenvalue weighted by molar-refractivity contribution is 0.0452. The van der Waals surface area contributed by atoms with Crippen molar-refractivity contribution in [1.29, 1.82) is 0 Å². The third kappa shape index (κ3) is 8.82. The Labute approximate surface area is 167 Å². The fraction of sp³-hybridized carbons (Fsp3) is 0.391. The van der Waals surface area contributed by atoms with Crippen molar-refractivity contribution in [1.82, 2.24) is 0 Å². The average molecular weight is 386 g/mol. The van der Waals surface area contributed by atoms with E-state index in [4.69, 9.17) is 14.6 Å². The number of rotatable bonds is 9. The second-order valence-corrected chi connectivity index (χ2v) is 6.17. The molecule has 0 bridgehead atoms. The molecule has 0 aromatic heterocycles. The van der Waals surface area contributed by atoms with Gasteiger partial charge in [-0.25, -0.2) is 9.59 Å². The Morgan fingerprint density at radius 1 is 0.750 bits per heavy atom. The fourth-order valence-electron chi connectivity index (χ4n) is 2.20. The predicted molar refractivity (Wildman–Crippen MR) is 109 cm³/mol. The Morgan fingerprint density at radius 3 is 1.54 bits per heavy atom. The molecular weight excluding hydrogens is 356 g/mol. The summed E-state index contributed by atoms with van der Waals surface area (Å²) in [5.74, 6) is -0.942. The first-order valence-electron chi connectivity index (χ1n) is 9.72. The van der Waals surface area contributed by atoms with Gasteiger partial charge in [0, 0.05) is 0 Å². The number of benzene rings is 2. The van der Waals surface area contributed by atoms with Crippen LogP contribution >= 0.6 is 0 Å². The highest BCUT2D eigenvalue weighted by Gasteiger charge is 2.18. The third-order valence-electron chi connectivity index (χ3n) is 3.85. The van der Waals surface area contributed by atoms with Gasteiger partial charge in [0.2, 0.25) is 0 Å². The van der Waals surface area contributed by atoms with Crippen LogP contribution in [0.2, 0.25) is 0 Å². The van der Waals surface area contributed by atoms with E-state index in [1.54, 1.807) is 24.3 Å². The lowest BCUT2D eigenvalue weighted by Crippen LogP contribution is -2.14. The monoisotopic (exact) mass is 386 g/mol. The number of aliphatic hydroxyl groups excluding tert-OH is 1. The first-order valence-corrected chi connectivity index (χ1v) is 9.72. The molecule has 0 fully saturated rings. The van der Waals surface area contributed by atoms with E-state index >= 15 is 0 Å². The van der Waals surface area contributed by atoms with Crippen LogP contribution in [0.4, 0.5) is 0 Å². The summed E-state index contributed by atoms with van der Waals surface area (Å²) in [6.07, 6.45) is 3.53. The minimum Gasteiger partial charge on any atom is -0.462 e. The molecule has 0 aliphatic carbocycles. The van der Waals surface area contributed by atoms with Crippen LogP contribution in [0.15, 0.2) is 54.6 Å². The molecule has 0 saturated heterocycles. The number of carbonyl (C=O) groups excluding carboxylic acids is 2. The molecule has 152 valence electrons. The molecular formula is C23H30O5. The van der Waals surface area contributed by atoms with Crippen LogP contribution in [0.25, 0.3) is 0 Å². The highest BCUT2D eigenvalue weighted by Crippen LogP contribution is 2.12. The number of aliphatic hydroxyl groups is 1. The molecule has 0 aliphatic rings. The molecule has 0 amide bonds. The number of ether oxygens (including phenoxy) is 2. The highest BCUT2D eigenvalue weighted by molar-refractivity contribution is 6.03. The van der Waals surface area contributed by atoms with Gasteiger partial charge in [0.05, 0.1) is 30.9 Å².